The second-order valence-corrected chi connectivity index (χ2v) is 7.35. The second kappa shape index (κ2) is 10.3. The van der Waals surface area contributed by atoms with Gasteiger partial charge in [0.25, 0.3) is 0 Å². The highest BCUT2D eigenvalue weighted by molar-refractivity contribution is 7.99. The molecule has 0 aliphatic heterocycles. The van der Waals surface area contributed by atoms with Crippen LogP contribution in [-0.2, 0) is 6.42 Å². The molecule has 0 saturated carbocycles. The number of aliphatic hydroxyl groups excluding tert-OH is 1. The fraction of sp³-hybridized carbons (Fsp3) is 0.667. The van der Waals surface area contributed by atoms with Crippen molar-refractivity contribution in [3.63, 3.8) is 0 Å². The lowest BCUT2D eigenvalue weighted by Crippen LogP contribution is -2.23. The van der Waals surface area contributed by atoms with Crippen molar-refractivity contribution in [3.05, 3.63) is 35.4 Å². The third-order valence-electron chi connectivity index (χ3n) is 3.48. The minimum absolute atomic E-state index is 0.281. The Morgan fingerprint density at radius 2 is 1.76 bits per heavy atom. The minimum Gasteiger partial charge on any atom is -0.396 e. The highest BCUT2D eigenvalue weighted by Crippen LogP contribution is 2.21. The Morgan fingerprint density at radius 1 is 1.10 bits per heavy atom. The van der Waals surface area contributed by atoms with Gasteiger partial charge in [0, 0.05) is 18.4 Å². The van der Waals surface area contributed by atoms with Crippen molar-refractivity contribution in [1.29, 1.82) is 0 Å². The van der Waals surface area contributed by atoms with Gasteiger partial charge in [0.1, 0.15) is 0 Å². The number of hydrogen-bond acceptors (Lipinski definition) is 3. The average Bonchev–Trinajstić information content (AvgIpc) is 2.46. The summed E-state index contributed by atoms with van der Waals surface area (Å²) in [5.41, 5.74) is 2.79. The van der Waals surface area contributed by atoms with E-state index in [1.807, 2.05) is 11.8 Å². The van der Waals surface area contributed by atoms with E-state index >= 15 is 0 Å². The first-order chi connectivity index (χ1) is 10.1. The van der Waals surface area contributed by atoms with Crippen LogP contribution in [-0.4, -0.2) is 29.8 Å². The van der Waals surface area contributed by atoms with Crippen LogP contribution in [0.15, 0.2) is 24.3 Å². The molecule has 0 amide bonds. The molecule has 21 heavy (non-hydrogen) atoms. The minimum atomic E-state index is 0.281. The molecule has 1 aromatic rings. The molecule has 0 radical (unpaired) electrons. The molecule has 2 nitrogen and oxygen atoms in total. The predicted molar refractivity (Wildman–Crippen MR) is 95.0 cm³/mol. The van der Waals surface area contributed by atoms with Gasteiger partial charge in [-0.05, 0) is 41.7 Å². The van der Waals surface area contributed by atoms with E-state index in [0.29, 0.717) is 17.9 Å². The van der Waals surface area contributed by atoms with Gasteiger partial charge in [-0.1, -0.05) is 52.0 Å². The zero-order valence-corrected chi connectivity index (χ0v) is 14.7. The fourth-order valence-corrected chi connectivity index (χ4v) is 3.51. The number of rotatable bonds is 10. The second-order valence-electron chi connectivity index (χ2n) is 6.28. The summed E-state index contributed by atoms with van der Waals surface area (Å²) in [5, 5.41) is 12.7. The quantitative estimate of drug-likeness (QED) is 0.687. The molecule has 0 fully saturated rings. The summed E-state index contributed by atoms with van der Waals surface area (Å²) in [6.45, 7) is 10.0. The van der Waals surface area contributed by atoms with Gasteiger partial charge in [-0.15, -0.1) is 0 Å². The molecule has 2 unspecified atom stereocenters. The number of nitrogens with one attached hydrogen (secondary N) is 1. The number of benzene rings is 1. The lowest BCUT2D eigenvalue weighted by atomic mass is 10.00. The number of thioether (sulfide) groups is 1. The first-order valence-corrected chi connectivity index (χ1v) is 9.23. The van der Waals surface area contributed by atoms with Crippen LogP contribution in [0.25, 0.3) is 0 Å². The SMILES string of the molecule is CCNC(CSCC(C)CO)c1ccc(CC(C)C)cc1. The maximum absolute atomic E-state index is 9.09. The maximum atomic E-state index is 9.09. The van der Waals surface area contributed by atoms with Crippen molar-refractivity contribution in [2.45, 2.75) is 40.2 Å². The van der Waals surface area contributed by atoms with Gasteiger partial charge in [0.15, 0.2) is 0 Å². The summed E-state index contributed by atoms with van der Waals surface area (Å²) in [5.74, 6) is 3.16. The van der Waals surface area contributed by atoms with Gasteiger partial charge < -0.3 is 10.4 Å². The fourth-order valence-electron chi connectivity index (χ4n) is 2.32. The van der Waals surface area contributed by atoms with Crippen LogP contribution in [0.1, 0.15) is 44.9 Å². The van der Waals surface area contributed by atoms with Crippen LogP contribution >= 0.6 is 11.8 Å². The highest BCUT2D eigenvalue weighted by Gasteiger charge is 2.11. The van der Waals surface area contributed by atoms with E-state index < -0.39 is 0 Å². The summed E-state index contributed by atoms with van der Waals surface area (Å²) in [4.78, 5) is 0. The van der Waals surface area contributed by atoms with E-state index in [2.05, 4.69) is 57.3 Å². The molecule has 120 valence electrons. The van der Waals surface area contributed by atoms with Gasteiger partial charge in [0.2, 0.25) is 0 Å². The van der Waals surface area contributed by atoms with Gasteiger partial charge in [-0.2, -0.15) is 11.8 Å². The Bertz CT molecular complexity index is 377. The maximum Gasteiger partial charge on any atom is 0.0464 e. The normalized spacial score (nSPS) is 14.4. The topological polar surface area (TPSA) is 32.3 Å². The molecule has 0 aromatic heterocycles. The highest BCUT2D eigenvalue weighted by atomic mass is 32.2. The van der Waals surface area contributed by atoms with E-state index in [0.717, 1.165) is 24.5 Å². The van der Waals surface area contributed by atoms with Gasteiger partial charge in [-0.3, -0.25) is 0 Å². The molecule has 2 atom stereocenters. The third-order valence-corrected chi connectivity index (χ3v) is 4.85. The molecule has 0 saturated heterocycles. The summed E-state index contributed by atoms with van der Waals surface area (Å²) >= 11 is 1.92. The van der Waals surface area contributed by atoms with Crippen LogP contribution in [0, 0.1) is 11.8 Å². The van der Waals surface area contributed by atoms with Gasteiger partial charge in [0.05, 0.1) is 0 Å². The Kier molecular flexibility index (Phi) is 9.05. The molecule has 0 aliphatic carbocycles. The van der Waals surface area contributed by atoms with Gasteiger partial charge >= 0.3 is 0 Å². The Labute approximate surface area is 134 Å². The Morgan fingerprint density at radius 3 is 2.29 bits per heavy atom. The van der Waals surface area contributed by atoms with Crippen molar-refractivity contribution in [1.82, 2.24) is 5.32 Å². The largest absolute Gasteiger partial charge is 0.396 e. The third kappa shape index (κ3) is 7.35. The van der Waals surface area contributed by atoms with Crippen molar-refractivity contribution in [2.75, 3.05) is 24.7 Å². The molecule has 2 N–H and O–H groups in total. The molecular formula is C18H31NOS. The van der Waals surface area contributed by atoms with Crippen LogP contribution in [0.2, 0.25) is 0 Å². The van der Waals surface area contributed by atoms with E-state index in [-0.39, 0.29) is 6.61 Å². The molecular weight excluding hydrogens is 278 g/mol. The van der Waals surface area contributed by atoms with Crippen LogP contribution < -0.4 is 5.32 Å². The predicted octanol–water partition coefficient (Wildman–Crippen LogP) is 3.90. The van der Waals surface area contributed by atoms with Crippen LogP contribution in [0.3, 0.4) is 0 Å². The van der Waals surface area contributed by atoms with E-state index in [1.54, 1.807) is 0 Å². The van der Waals surface area contributed by atoms with Crippen LogP contribution in [0.5, 0.6) is 0 Å². The Balaban J connectivity index is 2.58. The molecule has 1 rings (SSSR count). The van der Waals surface area contributed by atoms with Crippen molar-refractivity contribution in [3.8, 4) is 0 Å². The first kappa shape index (κ1) is 18.5. The monoisotopic (exact) mass is 309 g/mol. The van der Waals surface area contributed by atoms with Gasteiger partial charge in [-0.25, -0.2) is 0 Å². The lowest BCUT2D eigenvalue weighted by molar-refractivity contribution is 0.250. The zero-order chi connectivity index (χ0) is 15.7. The molecule has 1 aromatic carbocycles. The lowest BCUT2D eigenvalue weighted by Gasteiger charge is -2.19. The average molecular weight is 310 g/mol. The van der Waals surface area contributed by atoms with Crippen molar-refractivity contribution < 1.29 is 5.11 Å². The zero-order valence-electron chi connectivity index (χ0n) is 13.9. The summed E-state index contributed by atoms with van der Waals surface area (Å²) in [6, 6.07) is 9.46. The number of aliphatic hydroxyl groups is 1. The van der Waals surface area contributed by atoms with E-state index in [4.69, 9.17) is 5.11 Å². The Hall–Kier alpha value is -0.510. The number of hydrogen-bond donors (Lipinski definition) is 2. The molecule has 0 spiro atoms. The molecule has 0 aliphatic rings. The summed E-state index contributed by atoms with van der Waals surface area (Å²) < 4.78 is 0. The first-order valence-electron chi connectivity index (χ1n) is 8.07. The molecule has 0 bridgehead atoms. The standard InChI is InChI=1S/C18H31NOS/c1-5-19-18(13-21-12-15(4)11-20)17-8-6-16(7-9-17)10-14(2)3/h6-9,14-15,18-20H,5,10-13H2,1-4H3. The molecule has 0 heterocycles. The van der Waals surface area contributed by atoms with E-state index in [9.17, 15) is 0 Å². The van der Waals surface area contributed by atoms with Crippen molar-refractivity contribution >= 4 is 11.8 Å². The van der Waals surface area contributed by atoms with E-state index in [1.165, 1.54) is 11.1 Å². The van der Waals surface area contributed by atoms with Crippen LogP contribution in [0.4, 0.5) is 0 Å². The smallest absolute Gasteiger partial charge is 0.0464 e. The summed E-state index contributed by atoms with van der Waals surface area (Å²) in [6.07, 6.45) is 1.15. The molecule has 3 heteroatoms. The van der Waals surface area contributed by atoms with Crippen molar-refractivity contribution in [2.24, 2.45) is 11.8 Å². The summed E-state index contributed by atoms with van der Waals surface area (Å²) in [7, 11) is 0.